The van der Waals surface area contributed by atoms with Crippen LogP contribution >= 0.6 is 0 Å². The number of carbonyl (C=O) groups is 1. The highest BCUT2D eigenvalue weighted by atomic mass is 16.2. The quantitative estimate of drug-likeness (QED) is 0.490. The zero-order valence-corrected chi connectivity index (χ0v) is 10.6. The monoisotopic (exact) mass is 243 g/mol. The molecule has 0 aliphatic rings. The Balaban J connectivity index is 2.38. The van der Waals surface area contributed by atoms with Crippen LogP contribution in [0.5, 0.6) is 0 Å². The van der Waals surface area contributed by atoms with Crippen LogP contribution in [-0.2, 0) is 6.54 Å². The Morgan fingerprint density at radius 1 is 1.17 bits per heavy atom. The van der Waals surface area contributed by atoms with Gasteiger partial charge in [0.1, 0.15) is 0 Å². The lowest BCUT2D eigenvalue weighted by molar-refractivity contribution is 0.0952. The van der Waals surface area contributed by atoms with E-state index in [1.165, 1.54) is 11.4 Å². The molecule has 2 rings (SSSR count). The molecule has 4 heteroatoms. The molecule has 4 nitrogen and oxygen atoms in total. The van der Waals surface area contributed by atoms with E-state index < -0.39 is 0 Å². The van der Waals surface area contributed by atoms with Gasteiger partial charge in [-0.25, -0.2) is 5.84 Å². The molecule has 0 aliphatic heterocycles. The summed E-state index contributed by atoms with van der Waals surface area (Å²) in [5.74, 6) is 4.94. The first-order valence-electron chi connectivity index (χ1n) is 5.85. The maximum absolute atomic E-state index is 11.7. The number of nitrogens with two attached hydrogens (primary N) is 1. The fourth-order valence-electron chi connectivity index (χ4n) is 2.08. The Kier molecular flexibility index (Phi) is 3.48. The molecule has 1 amide bonds. The highest BCUT2D eigenvalue weighted by Crippen LogP contribution is 2.14. The SMILES string of the molecule is Cc1ccc(C)n1Cc1ccccc1C(=O)NN. The van der Waals surface area contributed by atoms with Crippen LogP contribution in [0.3, 0.4) is 0 Å². The number of rotatable bonds is 3. The molecule has 94 valence electrons. The van der Waals surface area contributed by atoms with E-state index in [-0.39, 0.29) is 5.91 Å². The van der Waals surface area contributed by atoms with Crippen LogP contribution in [0.15, 0.2) is 36.4 Å². The standard InChI is InChI=1S/C14H17N3O/c1-10-7-8-11(2)17(10)9-12-5-3-4-6-13(12)14(18)16-15/h3-8H,9,15H2,1-2H3,(H,16,18). The summed E-state index contributed by atoms with van der Waals surface area (Å²) in [4.78, 5) is 11.7. The lowest BCUT2D eigenvalue weighted by Gasteiger charge is -2.12. The van der Waals surface area contributed by atoms with Crippen LogP contribution < -0.4 is 11.3 Å². The van der Waals surface area contributed by atoms with Gasteiger partial charge in [-0.1, -0.05) is 18.2 Å². The first kappa shape index (κ1) is 12.4. The lowest BCUT2D eigenvalue weighted by atomic mass is 10.1. The van der Waals surface area contributed by atoms with E-state index in [2.05, 4.69) is 36.0 Å². The van der Waals surface area contributed by atoms with E-state index in [9.17, 15) is 4.79 Å². The van der Waals surface area contributed by atoms with Gasteiger partial charge in [0.25, 0.3) is 5.91 Å². The maximum Gasteiger partial charge on any atom is 0.265 e. The van der Waals surface area contributed by atoms with E-state index in [1.54, 1.807) is 6.07 Å². The number of carbonyl (C=O) groups excluding carboxylic acids is 1. The molecular weight excluding hydrogens is 226 g/mol. The van der Waals surface area contributed by atoms with Gasteiger partial charge in [-0.15, -0.1) is 0 Å². The van der Waals surface area contributed by atoms with E-state index in [0.717, 1.165) is 5.56 Å². The van der Waals surface area contributed by atoms with Gasteiger partial charge in [-0.05, 0) is 37.6 Å². The third-order valence-electron chi connectivity index (χ3n) is 3.14. The van der Waals surface area contributed by atoms with E-state index in [4.69, 9.17) is 5.84 Å². The van der Waals surface area contributed by atoms with Crippen molar-refractivity contribution in [3.63, 3.8) is 0 Å². The van der Waals surface area contributed by atoms with E-state index in [1.807, 2.05) is 18.2 Å². The van der Waals surface area contributed by atoms with Crippen LogP contribution in [0.2, 0.25) is 0 Å². The molecule has 0 radical (unpaired) electrons. The third kappa shape index (κ3) is 2.28. The molecule has 0 bridgehead atoms. The molecular formula is C14H17N3O. The van der Waals surface area contributed by atoms with Crippen molar-refractivity contribution in [3.8, 4) is 0 Å². The lowest BCUT2D eigenvalue weighted by Crippen LogP contribution is -2.31. The first-order valence-corrected chi connectivity index (χ1v) is 5.85. The molecule has 1 aromatic heterocycles. The summed E-state index contributed by atoms with van der Waals surface area (Å²) < 4.78 is 2.17. The maximum atomic E-state index is 11.7. The van der Waals surface area contributed by atoms with Crippen molar-refractivity contribution < 1.29 is 4.79 Å². The van der Waals surface area contributed by atoms with Crippen LogP contribution in [0, 0.1) is 13.8 Å². The smallest absolute Gasteiger partial charge is 0.265 e. The first-order chi connectivity index (χ1) is 8.63. The summed E-state index contributed by atoms with van der Waals surface area (Å²) >= 11 is 0. The largest absolute Gasteiger partial charge is 0.345 e. The second-order valence-corrected chi connectivity index (χ2v) is 4.33. The van der Waals surface area contributed by atoms with Gasteiger partial charge < -0.3 is 4.57 Å². The van der Waals surface area contributed by atoms with Gasteiger partial charge in [0, 0.05) is 23.5 Å². The molecule has 0 fully saturated rings. The van der Waals surface area contributed by atoms with Crippen LogP contribution in [0.1, 0.15) is 27.3 Å². The van der Waals surface area contributed by atoms with Crippen molar-refractivity contribution >= 4 is 5.91 Å². The van der Waals surface area contributed by atoms with Crippen molar-refractivity contribution in [1.82, 2.24) is 9.99 Å². The Morgan fingerprint density at radius 3 is 2.39 bits per heavy atom. The average molecular weight is 243 g/mol. The Hall–Kier alpha value is -2.07. The Morgan fingerprint density at radius 2 is 1.78 bits per heavy atom. The minimum atomic E-state index is -0.256. The van der Waals surface area contributed by atoms with Gasteiger partial charge in [-0.2, -0.15) is 0 Å². The second-order valence-electron chi connectivity index (χ2n) is 4.33. The molecule has 0 spiro atoms. The molecule has 0 saturated heterocycles. The molecule has 0 aliphatic carbocycles. The number of benzene rings is 1. The fraction of sp³-hybridized carbons (Fsp3) is 0.214. The topological polar surface area (TPSA) is 60.0 Å². The highest BCUT2D eigenvalue weighted by Gasteiger charge is 2.11. The van der Waals surface area contributed by atoms with Crippen molar-refractivity contribution in [2.24, 2.45) is 5.84 Å². The Bertz CT molecular complexity index is 553. The number of hydrogen-bond acceptors (Lipinski definition) is 2. The zero-order chi connectivity index (χ0) is 13.1. The normalized spacial score (nSPS) is 10.4. The van der Waals surface area contributed by atoms with Gasteiger partial charge in [0.2, 0.25) is 0 Å². The fourth-order valence-corrected chi connectivity index (χ4v) is 2.08. The molecule has 0 saturated carbocycles. The predicted octanol–water partition coefficient (Wildman–Crippen LogP) is 1.76. The van der Waals surface area contributed by atoms with Gasteiger partial charge in [0.15, 0.2) is 0 Å². The van der Waals surface area contributed by atoms with Crippen molar-refractivity contribution in [1.29, 1.82) is 0 Å². The summed E-state index contributed by atoms with van der Waals surface area (Å²) in [6.07, 6.45) is 0. The van der Waals surface area contributed by atoms with Crippen LogP contribution in [0.4, 0.5) is 0 Å². The summed E-state index contributed by atoms with van der Waals surface area (Å²) in [6.45, 7) is 4.78. The van der Waals surface area contributed by atoms with Gasteiger partial charge in [-0.3, -0.25) is 10.2 Å². The summed E-state index contributed by atoms with van der Waals surface area (Å²) in [6, 6.07) is 11.6. The zero-order valence-electron chi connectivity index (χ0n) is 10.6. The van der Waals surface area contributed by atoms with Gasteiger partial charge in [0.05, 0.1) is 0 Å². The van der Waals surface area contributed by atoms with Crippen molar-refractivity contribution in [3.05, 3.63) is 58.9 Å². The molecule has 1 aromatic carbocycles. The minimum Gasteiger partial charge on any atom is -0.345 e. The summed E-state index contributed by atoms with van der Waals surface area (Å²) in [5.41, 5.74) is 6.11. The number of hydrogen-bond donors (Lipinski definition) is 2. The number of aryl methyl sites for hydroxylation is 2. The number of aromatic nitrogens is 1. The van der Waals surface area contributed by atoms with Crippen LogP contribution in [-0.4, -0.2) is 10.5 Å². The molecule has 0 unspecified atom stereocenters. The van der Waals surface area contributed by atoms with Crippen molar-refractivity contribution in [2.45, 2.75) is 20.4 Å². The third-order valence-corrected chi connectivity index (χ3v) is 3.14. The van der Waals surface area contributed by atoms with E-state index >= 15 is 0 Å². The summed E-state index contributed by atoms with van der Waals surface area (Å²) in [5, 5.41) is 0. The molecule has 2 aromatic rings. The predicted molar refractivity (Wildman–Crippen MR) is 71.1 cm³/mol. The average Bonchev–Trinajstić information content (AvgIpc) is 2.70. The highest BCUT2D eigenvalue weighted by molar-refractivity contribution is 5.95. The number of nitrogen functional groups attached to an aromatic ring is 1. The number of nitrogens with zero attached hydrogens (tertiary/aromatic N) is 1. The molecule has 3 N–H and O–H groups in total. The molecule has 18 heavy (non-hydrogen) atoms. The second kappa shape index (κ2) is 5.06. The van der Waals surface area contributed by atoms with Crippen LogP contribution in [0.25, 0.3) is 0 Å². The molecule has 1 heterocycles. The molecule has 0 atom stereocenters. The van der Waals surface area contributed by atoms with Crippen molar-refractivity contribution in [2.75, 3.05) is 0 Å². The summed E-state index contributed by atoms with van der Waals surface area (Å²) in [7, 11) is 0. The Labute approximate surface area is 106 Å². The van der Waals surface area contributed by atoms with E-state index in [0.29, 0.717) is 12.1 Å². The number of hydrazine groups is 1. The van der Waals surface area contributed by atoms with Gasteiger partial charge >= 0.3 is 0 Å². The number of nitrogens with one attached hydrogen (secondary N) is 1. The minimum absolute atomic E-state index is 0.256. The number of amides is 1.